The van der Waals surface area contributed by atoms with Gasteiger partial charge >= 0.3 is 0 Å². The fourth-order valence-electron chi connectivity index (χ4n) is 13.1. The molecule has 1 rings (SSSR count). The molecule has 0 aromatic heterocycles. The van der Waals surface area contributed by atoms with Gasteiger partial charge in [0.2, 0.25) is 5.91 Å². The molecule has 0 radical (unpaired) electrons. The molecule has 0 bridgehead atoms. The number of carbonyl (C=O) groups is 1. The van der Waals surface area contributed by atoms with Gasteiger partial charge in [0.25, 0.3) is 0 Å². The average molecular weight is 1250 g/mol. The van der Waals surface area contributed by atoms with Crippen molar-refractivity contribution in [2.45, 2.75) is 461 Å². The molecule has 0 saturated carbocycles. The molecule has 1 aliphatic rings. The summed E-state index contributed by atoms with van der Waals surface area (Å²) >= 11 is 0. The lowest BCUT2D eigenvalue weighted by Gasteiger charge is -2.40. The van der Waals surface area contributed by atoms with Crippen LogP contribution in [0.15, 0.2) is 24.3 Å². The van der Waals surface area contributed by atoms with E-state index >= 15 is 0 Å². The van der Waals surface area contributed by atoms with Crippen LogP contribution in [0.4, 0.5) is 0 Å². The fraction of sp³-hybridized carbons (Fsp3) is 0.937. The minimum absolute atomic E-state index is 0.176. The molecule has 1 aliphatic heterocycles. The lowest BCUT2D eigenvalue weighted by molar-refractivity contribution is -0.302. The second-order valence-electron chi connectivity index (χ2n) is 27.9. The molecule has 7 unspecified atom stereocenters. The maximum Gasteiger partial charge on any atom is 0.220 e. The van der Waals surface area contributed by atoms with Gasteiger partial charge in [-0.2, -0.15) is 0 Å². The lowest BCUT2D eigenvalue weighted by Crippen LogP contribution is -2.60. The van der Waals surface area contributed by atoms with Crippen LogP contribution in [0.1, 0.15) is 418 Å². The number of amides is 1. The molecule has 6 N–H and O–H groups in total. The van der Waals surface area contributed by atoms with Crippen molar-refractivity contribution in [3.8, 4) is 0 Å². The van der Waals surface area contributed by atoms with Gasteiger partial charge in [-0.3, -0.25) is 4.79 Å². The third kappa shape index (κ3) is 56.2. The van der Waals surface area contributed by atoms with E-state index in [9.17, 15) is 30.3 Å². The van der Waals surface area contributed by atoms with Gasteiger partial charge in [-0.1, -0.05) is 404 Å². The molecule has 0 aromatic carbocycles. The van der Waals surface area contributed by atoms with Crippen LogP contribution in [0.3, 0.4) is 0 Å². The van der Waals surface area contributed by atoms with E-state index in [1.165, 1.54) is 360 Å². The first-order chi connectivity index (χ1) is 43.3. The number of aliphatic hydroxyl groups excluding tert-OH is 5. The number of rotatable bonds is 71. The van der Waals surface area contributed by atoms with Crippen LogP contribution >= 0.6 is 0 Å². The molecule has 1 fully saturated rings. The smallest absolute Gasteiger partial charge is 0.220 e. The van der Waals surface area contributed by atoms with E-state index in [-0.39, 0.29) is 12.5 Å². The minimum atomic E-state index is -1.57. The third-order valence-electron chi connectivity index (χ3n) is 19.3. The summed E-state index contributed by atoms with van der Waals surface area (Å²) in [6.07, 6.45) is 84.8. The van der Waals surface area contributed by atoms with Gasteiger partial charge in [-0.25, -0.2) is 0 Å². The van der Waals surface area contributed by atoms with Gasteiger partial charge in [0.15, 0.2) is 6.29 Å². The summed E-state index contributed by atoms with van der Waals surface area (Å²) < 4.78 is 11.3. The van der Waals surface area contributed by atoms with E-state index in [4.69, 9.17) is 9.47 Å². The number of hydrogen-bond donors (Lipinski definition) is 6. The monoisotopic (exact) mass is 1240 g/mol. The van der Waals surface area contributed by atoms with Gasteiger partial charge in [0, 0.05) is 6.42 Å². The topological polar surface area (TPSA) is 149 Å². The summed E-state index contributed by atoms with van der Waals surface area (Å²) in [5.41, 5.74) is 0. The summed E-state index contributed by atoms with van der Waals surface area (Å²) in [5, 5.41) is 54.9. The first kappa shape index (κ1) is 84.7. The highest BCUT2D eigenvalue weighted by molar-refractivity contribution is 5.76. The van der Waals surface area contributed by atoms with Crippen molar-refractivity contribution < 1.29 is 39.8 Å². The van der Waals surface area contributed by atoms with Crippen molar-refractivity contribution in [2.24, 2.45) is 0 Å². The average Bonchev–Trinajstić information content (AvgIpc) is 3.31. The van der Waals surface area contributed by atoms with Gasteiger partial charge in [-0.15, -0.1) is 0 Å². The van der Waals surface area contributed by atoms with E-state index < -0.39 is 49.5 Å². The Labute approximate surface area is 547 Å². The number of ether oxygens (including phenoxy) is 2. The number of aliphatic hydroxyl groups is 5. The lowest BCUT2D eigenvalue weighted by atomic mass is 9.99. The van der Waals surface area contributed by atoms with Gasteiger partial charge < -0.3 is 40.3 Å². The maximum absolute atomic E-state index is 13.2. The molecule has 1 amide bonds. The van der Waals surface area contributed by atoms with Crippen molar-refractivity contribution in [1.82, 2.24) is 5.32 Å². The molecule has 522 valence electrons. The van der Waals surface area contributed by atoms with Crippen LogP contribution in [0.25, 0.3) is 0 Å². The molecule has 7 atom stereocenters. The van der Waals surface area contributed by atoms with Crippen molar-refractivity contribution >= 4 is 5.91 Å². The Morgan fingerprint density at radius 1 is 0.375 bits per heavy atom. The number of nitrogens with one attached hydrogen (secondary N) is 1. The van der Waals surface area contributed by atoms with Gasteiger partial charge in [0.05, 0.1) is 25.4 Å². The van der Waals surface area contributed by atoms with E-state index in [1.807, 2.05) is 6.08 Å². The van der Waals surface area contributed by atoms with Crippen LogP contribution in [-0.4, -0.2) is 87.5 Å². The summed E-state index contributed by atoms with van der Waals surface area (Å²) in [5.74, 6) is -0.176. The van der Waals surface area contributed by atoms with Gasteiger partial charge in [-0.05, 0) is 32.1 Å². The van der Waals surface area contributed by atoms with Crippen LogP contribution in [0.2, 0.25) is 0 Å². The summed E-state index contributed by atoms with van der Waals surface area (Å²) in [6.45, 7) is 3.84. The number of hydrogen-bond acceptors (Lipinski definition) is 8. The minimum Gasteiger partial charge on any atom is -0.394 e. The molecule has 0 spiro atoms. The highest BCUT2D eigenvalue weighted by atomic mass is 16.7. The first-order valence-corrected chi connectivity index (χ1v) is 39.6. The molecule has 0 aromatic rings. The summed E-state index contributed by atoms with van der Waals surface area (Å²) in [7, 11) is 0. The third-order valence-corrected chi connectivity index (χ3v) is 19.3. The molecular weight excluding hydrogens is 1090 g/mol. The number of unbranched alkanes of at least 4 members (excludes halogenated alkanes) is 59. The molecule has 0 aliphatic carbocycles. The Hall–Kier alpha value is -1.33. The second kappa shape index (κ2) is 68.5. The van der Waals surface area contributed by atoms with E-state index in [0.29, 0.717) is 6.42 Å². The Bertz CT molecular complexity index is 1440. The van der Waals surface area contributed by atoms with Crippen LogP contribution in [-0.2, 0) is 14.3 Å². The molecule has 1 saturated heterocycles. The van der Waals surface area contributed by atoms with E-state index in [2.05, 4.69) is 31.3 Å². The van der Waals surface area contributed by atoms with Crippen molar-refractivity contribution in [2.75, 3.05) is 13.2 Å². The fourth-order valence-corrected chi connectivity index (χ4v) is 13.1. The SMILES string of the molecule is CCCCCCCCCCCCCCCCCCCCCCCCCC/C=C/CC/C=C/C(O)C(COC1OC(CO)C(O)C(O)C1O)NC(=O)CCCCCCCCCCCCCCCCCCCCCCCCCCCCCCCCCCCCC. The predicted molar refractivity (Wildman–Crippen MR) is 378 cm³/mol. The Morgan fingerprint density at radius 3 is 0.955 bits per heavy atom. The number of carbonyl (C=O) groups excluding carboxylic acids is 1. The normalized spacial score (nSPS) is 17.9. The molecule has 9 heteroatoms. The zero-order valence-electron chi connectivity index (χ0n) is 58.8. The summed E-state index contributed by atoms with van der Waals surface area (Å²) in [4.78, 5) is 13.2. The zero-order chi connectivity index (χ0) is 63.5. The molecule has 88 heavy (non-hydrogen) atoms. The Morgan fingerprint density at radius 2 is 0.648 bits per heavy atom. The van der Waals surface area contributed by atoms with Gasteiger partial charge in [0.1, 0.15) is 24.4 Å². The van der Waals surface area contributed by atoms with Crippen LogP contribution in [0.5, 0.6) is 0 Å². The second-order valence-corrected chi connectivity index (χ2v) is 27.9. The zero-order valence-corrected chi connectivity index (χ0v) is 58.8. The first-order valence-electron chi connectivity index (χ1n) is 39.6. The van der Waals surface area contributed by atoms with Crippen LogP contribution in [0, 0.1) is 0 Å². The van der Waals surface area contributed by atoms with Crippen molar-refractivity contribution in [1.29, 1.82) is 0 Å². The summed E-state index contributed by atoms with van der Waals surface area (Å²) in [6, 6.07) is -0.821. The molecule has 1 heterocycles. The van der Waals surface area contributed by atoms with Crippen molar-refractivity contribution in [3.05, 3.63) is 24.3 Å². The number of allylic oxidation sites excluding steroid dienone is 3. The quantitative estimate of drug-likeness (QED) is 0.0261. The van der Waals surface area contributed by atoms with E-state index in [1.54, 1.807) is 6.08 Å². The van der Waals surface area contributed by atoms with E-state index in [0.717, 1.165) is 38.5 Å². The molecular formula is C79H153NO8. The largest absolute Gasteiger partial charge is 0.394 e. The standard InChI is InChI=1S/C79H153NO8/c1-3-5-7-9-11-13-15-17-19-21-23-25-27-29-31-33-35-36-37-38-39-41-43-45-47-49-51-53-55-57-59-61-63-65-67-69-75(83)80-72(71-87-79-78(86)77(85)76(84)74(70-81)88-79)73(82)68-66-64-62-60-58-56-54-52-50-48-46-44-42-40-34-32-30-28-26-24-22-20-18-16-14-12-10-8-6-4-2/h58,60,66,68,72-74,76-79,81-82,84-86H,3-57,59,61-65,67,69-71H2,1-2H3,(H,80,83)/b60-58+,68-66+. The highest BCUT2D eigenvalue weighted by Crippen LogP contribution is 2.24. The Kier molecular flexibility index (Phi) is 65.9. The predicted octanol–water partition coefficient (Wildman–Crippen LogP) is 22.4. The molecule has 9 nitrogen and oxygen atoms in total. The van der Waals surface area contributed by atoms with Crippen LogP contribution < -0.4 is 5.32 Å². The Balaban J connectivity index is 2.07. The van der Waals surface area contributed by atoms with Crippen molar-refractivity contribution in [3.63, 3.8) is 0 Å². The maximum atomic E-state index is 13.2. The highest BCUT2D eigenvalue weighted by Gasteiger charge is 2.44.